The van der Waals surface area contributed by atoms with Crippen LogP contribution in [0, 0.1) is 5.92 Å². The largest absolute Gasteiger partial charge is 0.469 e. The summed E-state index contributed by atoms with van der Waals surface area (Å²) in [6.45, 7) is 2.90. The molecule has 3 atom stereocenters. The van der Waals surface area contributed by atoms with Crippen LogP contribution in [-0.4, -0.2) is 37.2 Å². The van der Waals surface area contributed by atoms with Crippen LogP contribution in [0.1, 0.15) is 58.3 Å². The zero-order valence-corrected chi connectivity index (χ0v) is 13.2. The van der Waals surface area contributed by atoms with Crippen molar-refractivity contribution in [1.82, 2.24) is 5.32 Å². The summed E-state index contributed by atoms with van der Waals surface area (Å²) in [6.07, 6.45) is 7.00. The van der Waals surface area contributed by atoms with Gasteiger partial charge in [-0.1, -0.05) is 19.8 Å². The van der Waals surface area contributed by atoms with Crippen LogP contribution in [0.5, 0.6) is 0 Å². The van der Waals surface area contributed by atoms with Crippen molar-refractivity contribution in [2.45, 2.75) is 69.9 Å². The minimum atomic E-state index is -0.279. The number of amides is 1. The number of ether oxygens (including phenoxy) is 2. The molecule has 0 aromatic carbocycles. The molecular weight excluding hydrogens is 270 g/mol. The SMILES string of the molecule is CCCCCC(=O)NC1CCC2(CCO2)CC1C(=O)OC. The van der Waals surface area contributed by atoms with Crippen molar-refractivity contribution in [2.75, 3.05) is 13.7 Å². The van der Waals surface area contributed by atoms with Gasteiger partial charge in [0.2, 0.25) is 5.91 Å². The van der Waals surface area contributed by atoms with E-state index in [2.05, 4.69) is 12.2 Å². The van der Waals surface area contributed by atoms with E-state index in [1.54, 1.807) is 0 Å². The molecule has 0 radical (unpaired) electrons. The summed E-state index contributed by atoms with van der Waals surface area (Å²) in [4.78, 5) is 24.0. The number of carbonyl (C=O) groups excluding carboxylic acids is 2. The van der Waals surface area contributed by atoms with Crippen LogP contribution in [-0.2, 0) is 19.1 Å². The number of methoxy groups -OCH3 is 1. The van der Waals surface area contributed by atoms with Crippen molar-refractivity contribution in [3.05, 3.63) is 0 Å². The first-order valence-corrected chi connectivity index (χ1v) is 8.11. The molecule has 0 aromatic rings. The van der Waals surface area contributed by atoms with Gasteiger partial charge in [-0.05, 0) is 32.1 Å². The molecule has 2 rings (SSSR count). The average molecular weight is 297 g/mol. The molecule has 5 heteroatoms. The lowest BCUT2D eigenvalue weighted by Crippen LogP contribution is -2.56. The quantitative estimate of drug-likeness (QED) is 0.603. The zero-order valence-electron chi connectivity index (χ0n) is 13.2. The van der Waals surface area contributed by atoms with Gasteiger partial charge in [0, 0.05) is 12.5 Å². The predicted molar refractivity (Wildman–Crippen MR) is 78.7 cm³/mol. The van der Waals surface area contributed by atoms with E-state index in [9.17, 15) is 9.59 Å². The molecule has 1 heterocycles. The van der Waals surface area contributed by atoms with Crippen LogP contribution < -0.4 is 5.32 Å². The van der Waals surface area contributed by atoms with Gasteiger partial charge < -0.3 is 14.8 Å². The van der Waals surface area contributed by atoms with Crippen molar-refractivity contribution in [1.29, 1.82) is 0 Å². The van der Waals surface area contributed by atoms with Crippen molar-refractivity contribution < 1.29 is 19.1 Å². The molecule has 3 unspecified atom stereocenters. The Morgan fingerprint density at radius 3 is 2.67 bits per heavy atom. The second-order valence-corrected chi connectivity index (χ2v) is 6.29. The molecule has 1 N–H and O–H groups in total. The number of esters is 1. The molecule has 0 aromatic heterocycles. The van der Waals surface area contributed by atoms with Crippen molar-refractivity contribution in [3.8, 4) is 0 Å². The Labute approximate surface area is 126 Å². The van der Waals surface area contributed by atoms with Gasteiger partial charge in [0.15, 0.2) is 0 Å². The Kier molecular flexibility index (Phi) is 5.62. The Morgan fingerprint density at radius 1 is 1.33 bits per heavy atom. The van der Waals surface area contributed by atoms with E-state index >= 15 is 0 Å². The van der Waals surface area contributed by atoms with E-state index in [-0.39, 0.29) is 29.4 Å². The first-order valence-electron chi connectivity index (χ1n) is 8.11. The summed E-state index contributed by atoms with van der Waals surface area (Å²) in [5, 5.41) is 3.03. The lowest BCUT2D eigenvalue weighted by atomic mass is 9.71. The topological polar surface area (TPSA) is 64.6 Å². The third-order valence-electron chi connectivity index (χ3n) is 4.81. The number of hydrogen-bond donors (Lipinski definition) is 1. The van der Waals surface area contributed by atoms with Crippen LogP contribution in [0.2, 0.25) is 0 Å². The maximum absolute atomic E-state index is 12.0. The number of rotatable bonds is 6. The molecule has 1 spiro atoms. The summed E-state index contributed by atoms with van der Waals surface area (Å²) in [7, 11) is 1.41. The van der Waals surface area contributed by atoms with Gasteiger partial charge in [-0.15, -0.1) is 0 Å². The van der Waals surface area contributed by atoms with Gasteiger partial charge in [-0.2, -0.15) is 0 Å². The zero-order chi connectivity index (χ0) is 15.3. The molecule has 2 aliphatic rings. The molecule has 1 aliphatic heterocycles. The molecule has 21 heavy (non-hydrogen) atoms. The third kappa shape index (κ3) is 3.96. The Balaban J connectivity index is 1.90. The molecule has 1 aliphatic carbocycles. The van der Waals surface area contributed by atoms with Gasteiger partial charge in [0.25, 0.3) is 0 Å². The summed E-state index contributed by atoms with van der Waals surface area (Å²) < 4.78 is 10.6. The minimum absolute atomic E-state index is 0.0489. The molecule has 120 valence electrons. The lowest BCUT2D eigenvalue weighted by molar-refractivity contribution is -0.187. The van der Waals surface area contributed by atoms with E-state index in [0.717, 1.165) is 45.1 Å². The predicted octanol–water partition coefficient (Wildman–Crippen LogP) is 2.18. The third-order valence-corrected chi connectivity index (χ3v) is 4.81. The molecule has 1 saturated heterocycles. The Bertz CT molecular complexity index is 378. The van der Waals surface area contributed by atoms with Crippen LogP contribution in [0.25, 0.3) is 0 Å². The summed E-state index contributed by atoms with van der Waals surface area (Å²) in [6, 6.07) is -0.110. The first-order chi connectivity index (χ1) is 10.1. The summed E-state index contributed by atoms with van der Waals surface area (Å²) in [5.74, 6) is -0.463. The van der Waals surface area contributed by atoms with Crippen LogP contribution in [0.15, 0.2) is 0 Å². The fourth-order valence-electron chi connectivity index (χ4n) is 3.40. The second kappa shape index (κ2) is 7.25. The number of hydrogen-bond acceptors (Lipinski definition) is 4. The highest BCUT2D eigenvalue weighted by Crippen LogP contribution is 2.43. The summed E-state index contributed by atoms with van der Waals surface area (Å²) >= 11 is 0. The smallest absolute Gasteiger partial charge is 0.310 e. The molecule has 1 saturated carbocycles. The highest BCUT2D eigenvalue weighted by molar-refractivity contribution is 5.78. The van der Waals surface area contributed by atoms with Crippen LogP contribution >= 0.6 is 0 Å². The minimum Gasteiger partial charge on any atom is -0.469 e. The maximum atomic E-state index is 12.0. The standard InChI is InChI=1S/C16H27NO4/c1-3-4-5-6-14(18)17-13-7-8-16(9-10-21-16)11-12(13)15(19)20-2/h12-13H,3-11H2,1-2H3,(H,17,18). The normalized spacial score (nSPS) is 31.5. The monoisotopic (exact) mass is 297 g/mol. The Morgan fingerprint density at radius 2 is 2.10 bits per heavy atom. The number of nitrogens with one attached hydrogen (secondary N) is 1. The Hall–Kier alpha value is -1.10. The molecular formula is C16H27NO4. The van der Waals surface area contributed by atoms with E-state index in [4.69, 9.17) is 9.47 Å². The van der Waals surface area contributed by atoms with Gasteiger partial charge >= 0.3 is 5.97 Å². The molecule has 2 fully saturated rings. The fourth-order valence-corrected chi connectivity index (χ4v) is 3.40. The molecule has 1 amide bonds. The van der Waals surface area contributed by atoms with Crippen LogP contribution in [0.4, 0.5) is 0 Å². The van der Waals surface area contributed by atoms with E-state index in [1.807, 2.05) is 0 Å². The van der Waals surface area contributed by atoms with Crippen molar-refractivity contribution >= 4 is 11.9 Å². The van der Waals surface area contributed by atoms with Crippen molar-refractivity contribution in [3.63, 3.8) is 0 Å². The van der Waals surface area contributed by atoms with Gasteiger partial charge in [-0.3, -0.25) is 9.59 Å². The molecule has 5 nitrogen and oxygen atoms in total. The number of unbranched alkanes of at least 4 members (excludes halogenated alkanes) is 2. The van der Waals surface area contributed by atoms with E-state index in [0.29, 0.717) is 12.8 Å². The first kappa shape index (κ1) is 16.3. The summed E-state index contributed by atoms with van der Waals surface area (Å²) in [5.41, 5.74) is -0.137. The average Bonchev–Trinajstić information content (AvgIpc) is 2.45. The van der Waals surface area contributed by atoms with Gasteiger partial charge in [0.1, 0.15) is 0 Å². The molecule has 0 bridgehead atoms. The van der Waals surface area contributed by atoms with Gasteiger partial charge in [-0.25, -0.2) is 0 Å². The highest BCUT2D eigenvalue weighted by Gasteiger charge is 2.48. The maximum Gasteiger partial charge on any atom is 0.310 e. The van der Waals surface area contributed by atoms with Gasteiger partial charge in [0.05, 0.1) is 25.2 Å². The van der Waals surface area contributed by atoms with E-state index < -0.39 is 0 Å². The van der Waals surface area contributed by atoms with E-state index in [1.165, 1.54) is 7.11 Å². The fraction of sp³-hybridized carbons (Fsp3) is 0.875. The van der Waals surface area contributed by atoms with Crippen LogP contribution in [0.3, 0.4) is 0 Å². The number of carbonyl (C=O) groups is 2. The second-order valence-electron chi connectivity index (χ2n) is 6.29. The highest BCUT2D eigenvalue weighted by atomic mass is 16.5. The lowest BCUT2D eigenvalue weighted by Gasteiger charge is -2.49. The van der Waals surface area contributed by atoms with Crippen molar-refractivity contribution in [2.24, 2.45) is 5.92 Å².